The molecule has 1 N–H and O–H groups in total. The molecule has 2 aromatic rings. The van der Waals surface area contributed by atoms with Crippen LogP contribution in [0.25, 0.3) is 0 Å². The summed E-state index contributed by atoms with van der Waals surface area (Å²) in [6, 6.07) is 14.1. The van der Waals surface area contributed by atoms with Gasteiger partial charge in [0.05, 0.1) is 12.5 Å². The molecule has 28 heavy (non-hydrogen) atoms. The van der Waals surface area contributed by atoms with Gasteiger partial charge in [0, 0.05) is 18.1 Å². The summed E-state index contributed by atoms with van der Waals surface area (Å²) in [5, 5.41) is 3.82. The zero-order valence-corrected chi connectivity index (χ0v) is 17.5. The monoisotopic (exact) mass is 400 g/mol. The molecule has 1 unspecified atom stereocenters. The number of amides is 1. The van der Waals surface area contributed by atoms with Crippen LogP contribution in [0.4, 0.5) is 0 Å². The largest absolute Gasteiger partial charge is 0.492 e. The Morgan fingerprint density at radius 2 is 1.96 bits per heavy atom. The zero-order chi connectivity index (χ0) is 19.9. The van der Waals surface area contributed by atoms with Crippen LogP contribution in [0.3, 0.4) is 0 Å². The summed E-state index contributed by atoms with van der Waals surface area (Å²) in [6.45, 7) is 7.68. The number of likely N-dealkylation sites (tertiary alicyclic amines) is 1. The standard InChI is InChI=1S/C23H29ClN2O2/c1-17-12-18(2)14-21(13-17)28-11-9-25-23(27)20-7-5-10-26(16-20)15-19-6-3-4-8-22(19)24/h3-4,6,8,12-14,20H,5,7,9-11,15-16H2,1-2H3,(H,25,27). The Morgan fingerprint density at radius 1 is 1.21 bits per heavy atom. The fourth-order valence-corrected chi connectivity index (χ4v) is 3.98. The van der Waals surface area contributed by atoms with Gasteiger partial charge in [0.2, 0.25) is 5.91 Å². The number of benzene rings is 2. The van der Waals surface area contributed by atoms with E-state index in [1.54, 1.807) is 0 Å². The topological polar surface area (TPSA) is 41.6 Å². The molecule has 0 aliphatic carbocycles. The number of carbonyl (C=O) groups is 1. The van der Waals surface area contributed by atoms with E-state index in [0.29, 0.717) is 13.2 Å². The van der Waals surface area contributed by atoms with E-state index in [1.807, 2.05) is 30.3 Å². The van der Waals surface area contributed by atoms with Gasteiger partial charge < -0.3 is 10.1 Å². The van der Waals surface area contributed by atoms with E-state index >= 15 is 0 Å². The van der Waals surface area contributed by atoms with Crippen LogP contribution in [0.5, 0.6) is 5.75 Å². The highest BCUT2D eigenvalue weighted by Gasteiger charge is 2.25. The third kappa shape index (κ3) is 5.98. The average Bonchev–Trinajstić information content (AvgIpc) is 2.66. The lowest BCUT2D eigenvalue weighted by molar-refractivity contribution is -0.126. The minimum absolute atomic E-state index is 0.0254. The SMILES string of the molecule is Cc1cc(C)cc(OCCNC(=O)C2CCCN(Cc3ccccc3Cl)C2)c1. The van der Waals surface area contributed by atoms with Gasteiger partial charge in [-0.3, -0.25) is 9.69 Å². The van der Waals surface area contributed by atoms with Crippen LogP contribution in [0.15, 0.2) is 42.5 Å². The van der Waals surface area contributed by atoms with Gasteiger partial charge >= 0.3 is 0 Å². The van der Waals surface area contributed by atoms with Gasteiger partial charge in [-0.05, 0) is 68.1 Å². The van der Waals surface area contributed by atoms with Gasteiger partial charge in [0.15, 0.2) is 0 Å². The number of nitrogens with zero attached hydrogens (tertiary/aromatic N) is 1. The molecule has 2 aromatic carbocycles. The maximum Gasteiger partial charge on any atom is 0.224 e. The van der Waals surface area contributed by atoms with E-state index in [4.69, 9.17) is 16.3 Å². The first-order valence-corrected chi connectivity index (χ1v) is 10.3. The van der Waals surface area contributed by atoms with Crippen molar-refractivity contribution >= 4 is 17.5 Å². The molecule has 0 radical (unpaired) electrons. The Bertz CT molecular complexity index is 789. The molecule has 0 spiro atoms. The summed E-state index contributed by atoms with van der Waals surface area (Å²) >= 11 is 6.28. The van der Waals surface area contributed by atoms with Crippen molar-refractivity contribution in [1.29, 1.82) is 0 Å². The maximum atomic E-state index is 12.6. The van der Waals surface area contributed by atoms with E-state index in [-0.39, 0.29) is 11.8 Å². The van der Waals surface area contributed by atoms with Crippen LogP contribution in [0, 0.1) is 19.8 Å². The van der Waals surface area contributed by atoms with Crippen LogP contribution in [0.1, 0.15) is 29.5 Å². The number of halogens is 1. The lowest BCUT2D eigenvalue weighted by Crippen LogP contribution is -2.43. The summed E-state index contributed by atoms with van der Waals surface area (Å²) in [6.07, 6.45) is 1.96. The molecular formula is C23H29ClN2O2. The molecule has 3 rings (SSSR count). The van der Waals surface area contributed by atoms with Crippen molar-refractivity contribution in [1.82, 2.24) is 10.2 Å². The number of carbonyl (C=O) groups excluding carboxylic acids is 1. The Kier molecular flexibility index (Phi) is 7.35. The van der Waals surface area contributed by atoms with Gasteiger partial charge in [0.25, 0.3) is 0 Å². The van der Waals surface area contributed by atoms with Gasteiger partial charge in [0.1, 0.15) is 12.4 Å². The lowest BCUT2D eigenvalue weighted by atomic mass is 9.96. The first-order valence-electron chi connectivity index (χ1n) is 9.96. The second-order valence-corrected chi connectivity index (χ2v) is 8.04. The summed E-state index contributed by atoms with van der Waals surface area (Å²) < 4.78 is 5.78. The molecule has 1 amide bonds. The van der Waals surface area contributed by atoms with Gasteiger partial charge in [-0.25, -0.2) is 0 Å². The van der Waals surface area contributed by atoms with Crippen LogP contribution < -0.4 is 10.1 Å². The molecule has 150 valence electrons. The molecule has 0 aromatic heterocycles. The summed E-state index contributed by atoms with van der Waals surface area (Å²) in [7, 11) is 0. The Labute approximate surface area is 172 Å². The van der Waals surface area contributed by atoms with Crippen molar-refractivity contribution < 1.29 is 9.53 Å². The average molecular weight is 401 g/mol. The van der Waals surface area contributed by atoms with Crippen LogP contribution in [-0.2, 0) is 11.3 Å². The van der Waals surface area contributed by atoms with Gasteiger partial charge in [-0.15, -0.1) is 0 Å². The molecular weight excluding hydrogens is 372 g/mol. The van der Waals surface area contributed by atoms with Crippen LogP contribution in [-0.4, -0.2) is 37.0 Å². The molecule has 1 aliphatic heterocycles. The van der Waals surface area contributed by atoms with Crippen LogP contribution in [0.2, 0.25) is 5.02 Å². The summed E-state index contributed by atoms with van der Waals surface area (Å²) in [5.74, 6) is 1.00. The van der Waals surface area contributed by atoms with E-state index < -0.39 is 0 Å². The summed E-state index contributed by atoms with van der Waals surface area (Å²) in [4.78, 5) is 14.9. The predicted molar refractivity (Wildman–Crippen MR) is 114 cm³/mol. The Morgan fingerprint density at radius 3 is 2.71 bits per heavy atom. The van der Waals surface area contributed by atoms with Crippen molar-refractivity contribution in [2.75, 3.05) is 26.2 Å². The Balaban J connectivity index is 1.43. The molecule has 1 atom stereocenters. The van der Waals surface area contributed by atoms with Gasteiger partial charge in [-0.2, -0.15) is 0 Å². The highest BCUT2D eigenvalue weighted by atomic mass is 35.5. The van der Waals surface area contributed by atoms with Crippen molar-refractivity contribution in [2.45, 2.75) is 33.2 Å². The van der Waals surface area contributed by atoms with E-state index in [1.165, 1.54) is 11.1 Å². The molecule has 4 nitrogen and oxygen atoms in total. The molecule has 1 heterocycles. The van der Waals surface area contributed by atoms with E-state index in [2.05, 4.69) is 36.2 Å². The molecule has 5 heteroatoms. The number of hydrogen-bond acceptors (Lipinski definition) is 3. The second-order valence-electron chi connectivity index (χ2n) is 7.63. The third-order valence-electron chi connectivity index (χ3n) is 5.09. The van der Waals surface area contributed by atoms with E-state index in [9.17, 15) is 4.79 Å². The Hall–Kier alpha value is -2.04. The van der Waals surface area contributed by atoms with Gasteiger partial charge in [-0.1, -0.05) is 35.9 Å². The number of rotatable bonds is 7. The minimum atomic E-state index is 0.0254. The smallest absolute Gasteiger partial charge is 0.224 e. The first kappa shape index (κ1) is 20.7. The van der Waals surface area contributed by atoms with Crippen molar-refractivity contribution in [3.63, 3.8) is 0 Å². The lowest BCUT2D eigenvalue weighted by Gasteiger charge is -2.32. The highest BCUT2D eigenvalue weighted by molar-refractivity contribution is 6.31. The number of ether oxygens (including phenoxy) is 1. The van der Waals surface area contributed by atoms with Crippen molar-refractivity contribution in [2.24, 2.45) is 5.92 Å². The molecule has 0 bridgehead atoms. The number of nitrogens with one attached hydrogen (secondary N) is 1. The van der Waals surface area contributed by atoms with Crippen molar-refractivity contribution in [3.8, 4) is 5.75 Å². The quantitative estimate of drug-likeness (QED) is 0.702. The zero-order valence-electron chi connectivity index (χ0n) is 16.7. The molecule has 0 saturated carbocycles. The predicted octanol–water partition coefficient (Wildman–Crippen LogP) is 4.36. The number of hydrogen-bond donors (Lipinski definition) is 1. The summed E-state index contributed by atoms with van der Waals surface area (Å²) in [5.41, 5.74) is 3.48. The first-order chi connectivity index (χ1) is 13.5. The normalized spacial score (nSPS) is 17.3. The second kappa shape index (κ2) is 9.94. The fraction of sp³-hybridized carbons (Fsp3) is 0.435. The van der Waals surface area contributed by atoms with E-state index in [0.717, 1.165) is 48.8 Å². The number of aryl methyl sites for hydroxylation is 2. The molecule has 1 fully saturated rings. The fourth-order valence-electron chi connectivity index (χ4n) is 3.78. The van der Waals surface area contributed by atoms with Crippen LogP contribution >= 0.6 is 11.6 Å². The minimum Gasteiger partial charge on any atom is -0.492 e. The maximum absolute atomic E-state index is 12.6. The third-order valence-corrected chi connectivity index (χ3v) is 5.46. The molecule has 1 saturated heterocycles. The molecule has 1 aliphatic rings. The van der Waals surface area contributed by atoms with Crippen molar-refractivity contribution in [3.05, 3.63) is 64.2 Å². The highest BCUT2D eigenvalue weighted by Crippen LogP contribution is 2.22. The number of piperidine rings is 1.